The Bertz CT molecular complexity index is 275. The van der Waals surface area contributed by atoms with Gasteiger partial charge in [-0.3, -0.25) is 4.68 Å². The molecule has 78 valence electrons. The molecule has 0 amide bonds. The maximum absolute atomic E-state index is 4.22. The number of nitrogens with one attached hydrogen (secondary N) is 1. The number of nitrogens with zero attached hydrogens (tertiary/aromatic N) is 3. The first-order valence-electron chi connectivity index (χ1n) is 5.42. The summed E-state index contributed by atoms with van der Waals surface area (Å²) in [5.74, 6) is 1.09. The second-order valence-electron chi connectivity index (χ2n) is 3.99. The van der Waals surface area contributed by atoms with Gasteiger partial charge < -0.3 is 5.32 Å². The minimum absolute atomic E-state index is 0.695. The van der Waals surface area contributed by atoms with Crippen molar-refractivity contribution in [3.8, 4) is 0 Å². The summed E-state index contributed by atoms with van der Waals surface area (Å²) in [4.78, 5) is 4.22. The lowest BCUT2D eigenvalue weighted by atomic mass is 10.0. The van der Waals surface area contributed by atoms with Crippen LogP contribution in [-0.4, -0.2) is 27.4 Å². The molecule has 14 heavy (non-hydrogen) atoms. The van der Waals surface area contributed by atoms with Gasteiger partial charge in [-0.15, -0.1) is 0 Å². The number of hydrogen-bond donors (Lipinski definition) is 1. The van der Waals surface area contributed by atoms with E-state index < -0.39 is 0 Å². The van der Waals surface area contributed by atoms with E-state index in [2.05, 4.69) is 15.4 Å². The van der Waals surface area contributed by atoms with Crippen LogP contribution in [0, 0.1) is 0 Å². The minimum Gasteiger partial charge on any atom is -0.314 e. The number of aryl methyl sites for hydroxylation is 2. The summed E-state index contributed by atoms with van der Waals surface area (Å²) in [5.41, 5.74) is 0. The van der Waals surface area contributed by atoms with Crippen molar-refractivity contribution in [2.24, 2.45) is 7.05 Å². The van der Waals surface area contributed by atoms with Crippen molar-refractivity contribution < 1.29 is 0 Å². The van der Waals surface area contributed by atoms with E-state index in [0.29, 0.717) is 6.04 Å². The van der Waals surface area contributed by atoms with Crippen LogP contribution in [0.25, 0.3) is 0 Å². The third kappa shape index (κ3) is 2.32. The third-order valence-electron chi connectivity index (χ3n) is 2.93. The summed E-state index contributed by atoms with van der Waals surface area (Å²) in [6, 6.07) is 0.695. The van der Waals surface area contributed by atoms with Crippen molar-refractivity contribution in [2.75, 3.05) is 6.54 Å². The first-order valence-corrected chi connectivity index (χ1v) is 5.42. The number of hydrogen-bond acceptors (Lipinski definition) is 3. The first-order chi connectivity index (χ1) is 6.86. The minimum atomic E-state index is 0.695. The molecule has 1 fully saturated rings. The molecule has 1 aliphatic rings. The second-order valence-corrected chi connectivity index (χ2v) is 3.99. The van der Waals surface area contributed by atoms with Crippen molar-refractivity contribution in [3.63, 3.8) is 0 Å². The topological polar surface area (TPSA) is 42.7 Å². The van der Waals surface area contributed by atoms with Gasteiger partial charge in [0.05, 0.1) is 0 Å². The van der Waals surface area contributed by atoms with Gasteiger partial charge in [0, 0.05) is 19.5 Å². The fraction of sp³-hybridized carbons (Fsp3) is 0.800. The maximum atomic E-state index is 4.22. The standard InChI is InChI=1S/C10H18N4/c1-14-10(12-8-13-14)6-5-9-4-2-3-7-11-9/h8-9,11H,2-7H2,1H3. The smallest absolute Gasteiger partial charge is 0.138 e. The van der Waals surface area contributed by atoms with E-state index in [-0.39, 0.29) is 0 Å². The Morgan fingerprint density at radius 3 is 3.14 bits per heavy atom. The van der Waals surface area contributed by atoms with Crippen molar-refractivity contribution >= 4 is 0 Å². The summed E-state index contributed by atoms with van der Waals surface area (Å²) in [7, 11) is 1.95. The van der Waals surface area contributed by atoms with Crippen LogP contribution in [0.3, 0.4) is 0 Å². The van der Waals surface area contributed by atoms with Crippen molar-refractivity contribution in [3.05, 3.63) is 12.2 Å². The lowest BCUT2D eigenvalue weighted by Crippen LogP contribution is -2.34. The number of rotatable bonds is 3. The molecule has 2 heterocycles. The van der Waals surface area contributed by atoms with Crippen molar-refractivity contribution in [1.82, 2.24) is 20.1 Å². The lowest BCUT2D eigenvalue weighted by molar-refractivity contribution is 0.379. The molecule has 1 atom stereocenters. The number of piperidine rings is 1. The second kappa shape index (κ2) is 4.55. The Balaban J connectivity index is 1.79. The molecule has 1 N–H and O–H groups in total. The predicted molar refractivity (Wildman–Crippen MR) is 55.0 cm³/mol. The number of aromatic nitrogens is 3. The Kier molecular flexibility index (Phi) is 3.14. The molecule has 0 aliphatic carbocycles. The molecule has 0 radical (unpaired) electrons. The fourth-order valence-electron chi connectivity index (χ4n) is 2.02. The normalized spacial score (nSPS) is 22.5. The summed E-state index contributed by atoms with van der Waals surface area (Å²) in [6.07, 6.45) is 7.87. The van der Waals surface area contributed by atoms with Crippen LogP contribution in [-0.2, 0) is 13.5 Å². The van der Waals surface area contributed by atoms with Crippen LogP contribution in [0.15, 0.2) is 6.33 Å². The molecule has 1 aromatic heterocycles. The summed E-state index contributed by atoms with van der Waals surface area (Å²) in [5, 5.41) is 7.61. The third-order valence-corrected chi connectivity index (χ3v) is 2.93. The molecule has 1 saturated heterocycles. The van der Waals surface area contributed by atoms with Gasteiger partial charge in [0.25, 0.3) is 0 Å². The quantitative estimate of drug-likeness (QED) is 0.777. The molecule has 0 bridgehead atoms. The Morgan fingerprint density at radius 2 is 2.50 bits per heavy atom. The monoisotopic (exact) mass is 194 g/mol. The molecule has 1 unspecified atom stereocenters. The van der Waals surface area contributed by atoms with Crippen LogP contribution in [0.2, 0.25) is 0 Å². The zero-order valence-electron chi connectivity index (χ0n) is 8.74. The lowest BCUT2D eigenvalue weighted by Gasteiger charge is -2.22. The highest BCUT2D eigenvalue weighted by Crippen LogP contribution is 2.11. The molecule has 4 heteroatoms. The highest BCUT2D eigenvalue weighted by atomic mass is 15.3. The average molecular weight is 194 g/mol. The van der Waals surface area contributed by atoms with E-state index in [1.165, 1.54) is 32.2 Å². The summed E-state index contributed by atoms with van der Waals surface area (Å²) < 4.78 is 1.86. The Hall–Kier alpha value is -0.900. The summed E-state index contributed by atoms with van der Waals surface area (Å²) in [6.45, 7) is 1.18. The average Bonchev–Trinajstić information content (AvgIpc) is 2.63. The van der Waals surface area contributed by atoms with E-state index in [9.17, 15) is 0 Å². The van der Waals surface area contributed by atoms with Crippen molar-refractivity contribution in [1.29, 1.82) is 0 Å². The first kappa shape index (κ1) is 9.65. The van der Waals surface area contributed by atoms with E-state index in [0.717, 1.165) is 12.2 Å². The SMILES string of the molecule is Cn1ncnc1CCC1CCCCN1. The van der Waals surface area contributed by atoms with Gasteiger partial charge in [0.1, 0.15) is 12.2 Å². The summed E-state index contributed by atoms with van der Waals surface area (Å²) >= 11 is 0. The van der Waals surface area contributed by atoms with E-state index in [4.69, 9.17) is 0 Å². The largest absolute Gasteiger partial charge is 0.314 e. The molecule has 2 rings (SSSR count). The van der Waals surface area contributed by atoms with Crippen LogP contribution < -0.4 is 5.32 Å². The zero-order valence-corrected chi connectivity index (χ0v) is 8.74. The van der Waals surface area contributed by atoms with E-state index >= 15 is 0 Å². The van der Waals surface area contributed by atoms with Gasteiger partial charge in [-0.1, -0.05) is 6.42 Å². The predicted octanol–water partition coefficient (Wildman–Crippen LogP) is 0.890. The zero-order chi connectivity index (χ0) is 9.80. The van der Waals surface area contributed by atoms with Gasteiger partial charge >= 0.3 is 0 Å². The maximum Gasteiger partial charge on any atom is 0.138 e. The molecule has 4 nitrogen and oxygen atoms in total. The van der Waals surface area contributed by atoms with Gasteiger partial charge in [0.15, 0.2) is 0 Å². The van der Waals surface area contributed by atoms with Crippen molar-refractivity contribution in [2.45, 2.75) is 38.1 Å². The van der Waals surface area contributed by atoms with Crippen LogP contribution in [0.1, 0.15) is 31.5 Å². The van der Waals surface area contributed by atoms with E-state index in [1.54, 1.807) is 6.33 Å². The Morgan fingerprint density at radius 1 is 1.57 bits per heavy atom. The molecule has 0 aromatic carbocycles. The molecule has 1 aromatic rings. The molecule has 0 saturated carbocycles. The highest BCUT2D eigenvalue weighted by molar-refractivity contribution is 4.86. The van der Waals surface area contributed by atoms with Gasteiger partial charge in [-0.2, -0.15) is 5.10 Å². The molecule has 1 aliphatic heterocycles. The van der Waals surface area contributed by atoms with Crippen LogP contribution in [0.4, 0.5) is 0 Å². The Labute approximate surface area is 84.7 Å². The van der Waals surface area contributed by atoms with Gasteiger partial charge in [-0.05, 0) is 25.8 Å². The molecular weight excluding hydrogens is 176 g/mol. The fourth-order valence-corrected chi connectivity index (χ4v) is 2.02. The van der Waals surface area contributed by atoms with Gasteiger partial charge in [0.2, 0.25) is 0 Å². The molecular formula is C10H18N4. The van der Waals surface area contributed by atoms with Crippen LogP contribution in [0.5, 0.6) is 0 Å². The van der Waals surface area contributed by atoms with Gasteiger partial charge in [-0.25, -0.2) is 4.98 Å². The highest BCUT2D eigenvalue weighted by Gasteiger charge is 2.13. The van der Waals surface area contributed by atoms with Crippen LogP contribution >= 0.6 is 0 Å². The molecule has 0 spiro atoms. The van der Waals surface area contributed by atoms with E-state index in [1.807, 2.05) is 11.7 Å².